The van der Waals surface area contributed by atoms with Crippen LogP contribution < -0.4 is 0 Å². The molecular weight excluding hydrogens is 231 g/mol. The van der Waals surface area contributed by atoms with Gasteiger partial charge in [0.2, 0.25) is 0 Å². The van der Waals surface area contributed by atoms with Crippen LogP contribution >= 0.6 is 35.0 Å². The molecule has 70 valence electrons. The fourth-order valence-corrected chi connectivity index (χ4v) is 2.35. The van der Waals surface area contributed by atoms with Crippen LogP contribution in [-0.4, -0.2) is 17.3 Å². The zero-order chi connectivity index (χ0) is 10.0. The molecule has 1 rings (SSSR count). The first-order valence-electron chi connectivity index (χ1n) is 3.33. The second-order valence-corrected chi connectivity index (χ2v) is 3.85. The van der Waals surface area contributed by atoms with Gasteiger partial charge >= 0.3 is 5.97 Å². The number of carboxylic acids is 1. The highest BCUT2D eigenvalue weighted by molar-refractivity contribution is 7.98. The van der Waals surface area contributed by atoms with Crippen molar-refractivity contribution >= 4 is 40.9 Å². The molecule has 0 bridgehead atoms. The van der Waals surface area contributed by atoms with Crippen LogP contribution in [0.2, 0.25) is 10.0 Å². The van der Waals surface area contributed by atoms with E-state index in [1.54, 1.807) is 6.26 Å². The van der Waals surface area contributed by atoms with Gasteiger partial charge < -0.3 is 5.11 Å². The van der Waals surface area contributed by atoms with Gasteiger partial charge in [-0.3, -0.25) is 0 Å². The van der Waals surface area contributed by atoms with Gasteiger partial charge in [-0.25, -0.2) is 4.79 Å². The maximum Gasteiger partial charge on any atom is 0.337 e. The molecule has 0 radical (unpaired) electrons. The van der Waals surface area contributed by atoms with Crippen LogP contribution in [0.5, 0.6) is 0 Å². The summed E-state index contributed by atoms with van der Waals surface area (Å²) in [6, 6.07) is 2.93. The van der Waals surface area contributed by atoms with Crippen LogP contribution in [0.1, 0.15) is 10.4 Å². The fourth-order valence-electron chi connectivity index (χ4n) is 0.885. The molecule has 0 fully saturated rings. The lowest BCUT2D eigenvalue weighted by Gasteiger charge is -2.05. The van der Waals surface area contributed by atoms with Crippen molar-refractivity contribution in [3.05, 3.63) is 27.7 Å². The van der Waals surface area contributed by atoms with Crippen LogP contribution in [0.15, 0.2) is 17.0 Å². The van der Waals surface area contributed by atoms with Gasteiger partial charge in [-0.2, -0.15) is 0 Å². The summed E-state index contributed by atoms with van der Waals surface area (Å²) >= 11 is 13.0. The Bertz CT molecular complexity index is 352. The van der Waals surface area contributed by atoms with Crippen LogP contribution in [0.4, 0.5) is 0 Å². The molecule has 2 nitrogen and oxygen atoms in total. The molecule has 0 aromatic heterocycles. The first kappa shape index (κ1) is 10.7. The van der Waals surface area contributed by atoms with Crippen LogP contribution in [0.3, 0.4) is 0 Å². The third-order valence-electron chi connectivity index (χ3n) is 1.48. The quantitative estimate of drug-likeness (QED) is 0.801. The van der Waals surface area contributed by atoms with E-state index in [0.717, 1.165) is 0 Å². The highest BCUT2D eigenvalue weighted by atomic mass is 35.5. The van der Waals surface area contributed by atoms with Crippen molar-refractivity contribution < 1.29 is 9.90 Å². The molecule has 0 aliphatic carbocycles. The molecule has 0 atom stereocenters. The zero-order valence-electron chi connectivity index (χ0n) is 6.67. The molecule has 0 saturated heterocycles. The van der Waals surface area contributed by atoms with Gasteiger partial charge in [0.05, 0.1) is 15.6 Å². The monoisotopic (exact) mass is 236 g/mol. The average molecular weight is 237 g/mol. The average Bonchev–Trinajstić information content (AvgIpc) is 2.04. The van der Waals surface area contributed by atoms with Crippen LogP contribution in [0, 0.1) is 0 Å². The molecule has 0 aliphatic heterocycles. The van der Waals surface area contributed by atoms with Crippen molar-refractivity contribution in [2.75, 3.05) is 6.26 Å². The van der Waals surface area contributed by atoms with Gasteiger partial charge in [-0.15, -0.1) is 11.8 Å². The van der Waals surface area contributed by atoms with E-state index >= 15 is 0 Å². The van der Waals surface area contributed by atoms with Gasteiger partial charge in [0, 0.05) is 4.90 Å². The number of halogens is 2. The van der Waals surface area contributed by atoms with E-state index in [1.807, 2.05) is 0 Å². The fraction of sp³-hybridized carbons (Fsp3) is 0.125. The number of thioether (sulfide) groups is 1. The predicted octanol–water partition coefficient (Wildman–Crippen LogP) is 3.41. The van der Waals surface area contributed by atoms with Crippen molar-refractivity contribution in [2.24, 2.45) is 0 Å². The van der Waals surface area contributed by atoms with E-state index in [-0.39, 0.29) is 10.6 Å². The van der Waals surface area contributed by atoms with E-state index in [2.05, 4.69) is 0 Å². The molecule has 1 aromatic carbocycles. The number of hydrogen-bond donors (Lipinski definition) is 1. The molecule has 1 N–H and O–H groups in total. The molecule has 1 aromatic rings. The van der Waals surface area contributed by atoms with E-state index in [9.17, 15) is 4.79 Å². The maximum absolute atomic E-state index is 10.7. The van der Waals surface area contributed by atoms with E-state index in [4.69, 9.17) is 28.3 Å². The predicted molar refractivity (Wildman–Crippen MR) is 55.2 cm³/mol. The van der Waals surface area contributed by atoms with Crippen molar-refractivity contribution in [1.82, 2.24) is 0 Å². The Morgan fingerprint density at radius 1 is 1.46 bits per heavy atom. The standard InChI is InChI=1S/C8H6Cl2O2S/c1-13-7-5(9)3-2-4(6(7)10)8(11)12/h2-3H,1H3,(H,11,12). The Kier molecular flexibility index (Phi) is 3.47. The summed E-state index contributed by atoms with van der Waals surface area (Å²) in [5.74, 6) is -1.04. The minimum Gasteiger partial charge on any atom is -0.478 e. The van der Waals surface area contributed by atoms with Gasteiger partial charge in [0.1, 0.15) is 0 Å². The molecule has 13 heavy (non-hydrogen) atoms. The Hall–Kier alpha value is -0.380. The van der Waals surface area contributed by atoms with E-state index in [0.29, 0.717) is 9.92 Å². The Morgan fingerprint density at radius 2 is 2.08 bits per heavy atom. The lowest BCUT2D eigenvalue weighted by atomic mass is 10.2. The van der Waals surface area contributed by atoms with E-state index in [1.165, 1.54) is 23.9 Å². The number of benzene rings is 1. The summed E-state index contributed by atoms with van der Waals surface area (Å²) in [6.45, 7) is 0. The molecular formula is C8H6Cl2O2S. The highest BCUT2D eigenvalue weighted by Crippen LogP contribution is 2.34. The summed E-state index contributed by atoms with van der Waals surface area (Å²) in [6.07, 6.45) is 1.79. The smallest absolute Gasteiger partial charge is 0.337 e. The Balaban J connectivity index is 3.35. The van der Waals surface area contributed by atoms with Gasteiger partial charge in [0.15, 0.2) is 0 Å². The molecule has 0 saturated carbocycles. The minimum atomic E-state index is -1.04. The first-order chi connectivity index (χ1) is 6.07. The van der Waals surface area contributed by atoms with Gasteiger partial charge in [0.25, 0.3) is 0 Å². The molecule has 0 unspecified atom stereocenters. The summed E-state index contributed by atoms with van der Waals surface area (Å²) in [5.41, 5.74) is 0.0791. The largest absolute Gasteiger partial charge is 0.478 e. The normalized spacial score (nSPS) is 10.1. The number of carbonyl (C=O) groups is 1. The third kappa shape index (κ3) is 2.10. The summed E-state index contributed by atoms with van der Waals surface area (Å²) in [7, 11) is 0. The lowest BCUT2D eigenvalue weighted by molar-refractivity contribution is 0.0697. The van der Waals surface area contributed by atoms with Crippen molar-refractivity contribution in [1.29, 1.82) is 0 Å². The molecule has 0 aliphatic rings. The molecule has 0 heterocycles. The number of hydrogen-bond acceptors (Lipinski definition) is 2. The summed E-state index contributed by atoms with van der Waals surface area (Å²) < 4.78 is 0. The van der Waals surface area contributed by atoms with Gasteiger partial charge in [-0.1, -0.05) is 23.2 Å². The molecule has 0 spiro atoms. The minimum absolute atomic E-state index is 0.0791. The van der Waals surface area contributed by atoms with Crippen LogP contribution in [0.25, 0.3) is 0 Å². The Morgan fingerprint density at radius 3 is 2.54 bits per heavy atom. The highest BCUT2D eigenvalue weighted by Gasteiger charge is 2.14. The number of carboxylic acid groups (broad SMARTS) is 1. The zero-order valence-corrected chi connectivity index (χ0v) is 9.00. The van der Waals surface area contributed by atoms with Gasteiger partial charge in [-0.05, 0) is 18.4 Å². The summed E-state index contributed by atoms with van der Waals surface area (Å²) in [4.78, 5) is 11.3. The Labute approximate surface area is 89.8 Å². The second kappa shape index (κ2) is 4.22. The first-order valence-corrected chi connectivity index (χ1v) is 5.31. The topological polar surface area (TPSA) is 37.3 Å². The van der Waals surface area contributed by atoms with Crippen molar-refractivity contribution in [3.63, 3.8) is 0 Å². The van der Waals surface area contributed by atoms with Crippen molar-refractivity contribution in [2.45, 2.75) is 4.90 Å². The van der Waals surface area contributed by atoms with E-state index < -0.39 is 5.97 Å². The molecule has 0 amide bonds. The number of aromatic carboxylic acids is 1. The van der Waals surface area contributed by atoms with Crippen LogP contribution in [-0.2, 0) is 0 Å². The maximum atomic E-state index is 10.7. The van der Waals surface area contributed by atoms with Crippen molar-refractivity contribution in [3.8, 4) is 0 Å². The lowest BCUT2D eigenvalue weighted by Crippen LogP contribution is -1.98. The second-order valence-electron chi connectivity index (χ2n) is 2.25. The molecule has 5 heteroatoms. The number of rotatable bonds is 2. The third-order valence-corrected chi connectivity index (χ3v) is 3.25. The summed E-state index contributed by atoms with van der Waals surface area (Å²) in [5, 5.41) is 9.42. The SMILES string of the molecule is CSc1c(Cl)ccc(C(=O)O)c1Cl.